The maximum absolute atomic E-state index is 2.54. The summed E-state index contributed by atoms with van der Waals surface area (Å²) in [7, 11) is 0. The van der Waals surface area contributed by atoms with E-state index >= 15 is 0 Å². The molecule has 0 heterocycles. The topological polar surface area (TPSA) is 0 Å². The molecule has 4 rings (SSSR count). The van der Waals surface area contributed by atoms with Crippen LogP contribution in [0.15, 0.2) is 12.2 Å². The van der Waals surface area contributed by atoms with Crippen LogP contribution in [0, 0.1) is 41.4 Å². The van der Waals surface area contributed by atoms with E-state index < -0.39 is 0 Å². The van der Waals surface area contributed by atoms with Crippen LogP contribution in [-0.4, -0.2) is 0 Å². The van der Waals surface area contributed by atoms with Crippen molar-refractivity contribution in [3.05, 3.63) is 12.2 Å². The van der Waals surface area contributed by atoms with Gasteiger partial charge in [-0.15, -0.1) is 0 Å². The minimum absolute atomic E-state index is 1.01. The van der Waals surface area contributed by atoms with E-state index in [0.29, 0.717) is 0 Å². The van der Waals surface area contributed by atoms with Crippen molar-refractivity contribution in [3.63, 3.8) is 0 Å². The molecule has 3 fully saturated rings. The molecule has 0 amide bonds. The summed E-state index contributed by atoms with van der Waals surface area (Å²) < 4.78 is 0. The minimum Gasteiger partial charge on any atom is -0.0848 e. The second-order valence-electron chi connectivity index (χ2n) is 5.98. The normalized spacial score (nSPS) is 66.4. The van der Waals surface area contributed by atoms with Gasteiger partial charge in [-0.25, -0.2) is 0 Å². The molecule has 3 saturated carbocycles. The fourth-order valence-corrected chi connectivity index (χ4v) is 5.35. The van der Waals surface area contributed by atoms with Crippen LogP contribution in [0.4, 0.5) is 0 Å². The summed E-state index contributed by atoms with van der Waals surface area (Å²) >= 11 is 0. The van der Waals surface area contributed by atoms with Gasteiger partial charge in [0.25, 0.3) is 0 Å². The van der Waals surface area contributed by atoms with Gasteiger partial charge < -0.3 is 0 Å². The van der Waals surface area contributed by atoms with Gasteiger partial charge in [0.2, 0.25) is 0 Å². The largest absolute Gasteiger partial charge is 0.0848 e. The first-order valence-corrected chi connectivity index (χ1v) is 6.03. The summed E-state index contributed by atoms with van der Waals surface area (Å²) in [5.74, 6) is 7.59. The molecule has 4 aliphatic carbocycles. The lowest BCUT2D eigenvalue weighted by atomic mass is 9.70. The van der Waals surface area contributed by atoms with E-state index in [-0.39, 0.29) is 0 Å². The Hall–Kier alpha value is -0.260. The van der Waals surface area contributed by atoms with Crippen LogP contribution in [0.5, 0.6) is 0 Å². The highest BCUT2D eigenvalue weighted by molar-refractivity contribution is 5.20. The van der Waals surface area contributed by atoms with Gasteiger partial charge in [-0.3, -0.25) is 0 Å². The van der Waals surface area contributed by atoms with Crippen molar-refractivity contribution in [1.82, 2.24) is 0 Å². The highest BCUT2D eigenvalue weighted by atomic mass is 14.6. The second kappa shape index (κ2) is 2.04. The Kier molecular flexibility index (Phi) is 1.11. The predicted octanol–water partition coefficient (Wildman–Crippen LogP) is 3.10. The summed E-state index contributed by atoms with van der Waals surface area (Å²) in [6.07, 6.45) is 9.75. The maximum atomic E-state index is 2.54. The first kappa shape index (κ1) is 7.09. The quantitative estimate of drug-likeness (QED) is 0.391. The molecule has 4 bridgehead atoms. The lowest BCUT2D eigenvalue weighted by Gasteiger charge is -2.35. The highest BCUT2D eigenvalue weighted by Gasteiger charge is 2.59. The fraction of sp³-hybridized carbons (Fsp3) is 0.846. The Balaban J connectivity index is 1.79. The lowest BCUT2D eigenvalue weighted by Crippen LogP contribution is -2.29. The van der Waals surface area contributed by atoms with Crippen molar-refractivity contribution in [2.45, 2.75) is 26.2 Å². The van der Waals surface area contributed by atoms with Crippen molar-refractivity contribution in [3.8, 4) is 0 Å². The number of rotatable bonds is 0. The monoisotopic (exact) mass is 174 g/mol. The summed E-state index contributed by atoms with van der Waals surface area (Å²) in [6, 6.07) is 0. The van der Waals surface area contributed by atoms with Crippen molar-refractivity contribution in [1.29, 1.82) is 0 Å². The summed E-state index contributed by atoms with van der Waals surface area (Å²) in [6.45, 7) is 2.50. The van der Waals surface area contributed by atoms with E-state index in [0.717, 1.165) is 41.4 Å². The fourth-order valence-electron chi connectivity index (χ4n) is 5.35. The van der Waals surface area contributed by atoms with Gasteiger partial charge in [0.1, 0.15) is 0 Å². The molecule has 0 heteroatoms. The molecule has 13 heavy (non-hydrogen) atoms. The molecular weight excluding hydrogens is 156 g/mol. The number of fused-ring (bicyclic) bond motifs is 9. The van der Waals surface area contributed by atoms with E-state index in [4.69, 9.17) is 0 Å². The van der Waals surface area contributed by atoms with Gasteiger partial charge in [0.05, 0.1) is 0 Å². The van der Waals surface area contributed by atoms with E-state index in [1.807, 2.05) is 0 Å². The molecule has 70 valence electrons. The summed E-state index contributed by atoms with van der Waals surface area (Å²) in [5.41, 5.74) is 0. The molecule has 0 spiro atoms. The SMILES string of the molecule is C[C@@H]1CC2C[C@H]1C1C3C=C[C@@H](C3)C21. The Morgan fingerprint density at radius 1 is 0.923 bits per heavy atom. The van der Waals surface area contributed by atoms with Crippen LogP contribution < -0.4 is 0 Å². The van der Waals surface area contributed by atoms with Crippen LogP contribution in [0.25, 0.3) is 0 Å². The van der Waals surface area contributed by atoms with Gasteiger partial charge in [0, 0.05) is 0 Å². The Bertz CT molecular complexity index is 278. The standard InChI is InChI=1S/C13H18/c1-7-4-10-6-11(7)13-9-3-2-8(5-9)12(10)13/h2-3,7-13H,4-6H2,1H3/t7-,8+,9?,10?,11-,12?,13?/m1/s1. The second-order valence-corrected chi connectivity index (χ2v) is 5.98. The van der Waals surface area contributed by atoms with Crippen LogP contribution >= 0.6 is 0 Å². The lowest BCUT2D eigenvalue weighted by molar-refractivity contribution is 0.160. The highest BCUT2D eigenvalue weighted by Crippen LogP contribution is 2.66. The Labute approximate surface area is 80.4 Å². The smallest absolute Gasteiger partial charge is 0.0194 e. The number of allylic oxidation sites excluding steroid dienone is 2. The van der Waals surface area contributed by atoms with E-state index in [1.165, 1.54) is 6.42 Å². The van der Waals surface area contributed by atoms with Crippen molar-refractivity contribution in [2.24, 2.45) is 41.4 Å². The molecule has 0 saturated heterocycles. The minimum atomic E-state index is 1.01. The van der Waals surface area contributed by atoms with Gasteiger partial charge in [-0.1, -0.05) is 19.1 Å². The maximum Gasteiger partial charge on any atom is -0.0194 e. The Morgan fingerprint density at radius 2 is 1.69 bits per heavy atom. The van der Waals surface area contributed by atoms with Crippen LogP contribution in [0.1, 0.15) is 26.2 Å². The molecule has 7 atom stereocenters. The molecule has 0 radical (unpaired) electrons. The zero-order chi connectivity index (χ0) is 8.58. The average Bonchev–Trinajstić information content (AvgIpc) is 2.78. The van der Waals surface area contributed by atoms with Gasteiger partial charge in [-0.2, -0.15) is 0 Å². The van der Waals surface area contributed by atoms with Crippen molar-refractivity contribution < 1.29 is 0 Å². The molecule has 0 aromatic carbocycles. The van der Waals surface area contributed by atoms with E-state index in [9.17, 15) is 0 Å². The predicted molar refractivity (Wildman–Crippen MR) is 53.1 cm³/mol. The third-order valence-corrected chi connectivity index (χ3v) is 5.60. The third-order valence-electron chi connectivity index (χ3n) is 5.60. The summed E-state index contributed by atoms with van der Waals surface area (Å²) in [4.78, 5) is 0. The molecule has 0 aromatic rings. The molecular formula is C13H18. The Morgan fingerprint density at radius 3 is 2.54 bits per heavy atom. The van der Waals surface area contributed by atoms with Crippen LogP contribution in [0.3, 0.4) is 0 Å². The van der Waals surface area contributed by atoms with E-state index in [1.54, 1.807) is 12.8 Å². The van der Waals surface area contributed by atoms with E-state index in [2.05, 4.69) is 19.1 Å². The molecule has 4 unspecified atom stereocenters. The van der Waals surface area contributed by atoms with Crippen LogP contribution in [-0.2, 0) is 0 Å². The summed E-state index contributed by atoms with van der Waals surface area (Å²) in [5, 5.41) is 0. The first-order chi connectivity index (χ1) is 6.34. The van der Waals surface area contributed by atoms with Crippen LogP contribution in [0.2, 0.25) is 0 Å². The molecule has 0 aromatic heterocycles. The zero-order valence-electron chi connectivity index (χ0n) is 8.32. The average molecular weight is 174 g/mol. The van der Waals surface area contributed by atoms with Crippen molar-refractivity contribution in [2.75, 3.05) is 0 Å². The number of hydrogen-bond donors (Lipinski definition) is 0. The molecule has 0 nitrogen and oxygen atoms in total. The zero-order valence-corrected chi connectivity index (χ0v) is 8.32. The van der Waals surface area contributed by atoms with Gasteiger partial charge in [-0.05, 0) is 60.7 Å². The van der Waals surface area contributed by atoms with Gasteiger partial charge in [0.15, 0.2) is 0 Å². The third kappa shape index (κ3) is 0.671. The molecule has 0 aliphatic heterocycles. The van der Waals surface area contributed by atoms with Crippen molar-refractivity contribution >= 4 is 0 Å². The molecule has 4 aliphatic rings. The number of hydrogen-bond acceptors (Lipinski definition) is 0. The first-order valence-electron chi connectivity index (χ1n) is 6.03. The van der Waals surface area contributed by atoms with Gasteiger partial charge >= 0.3 is 0 Å². The molecule has 0 N–H and O–H groups in total.